The molecule has 0 radical (unpaired) electrons. The first kappa shape index (κ1) is 17.6. The quantitative estimate of drug-likeness (QED) is 0.613. The van der Waals surface area contributed by atoms with E-state index in [0.717, 1.165) is 0 Å². The second kappa shape index (κ2) is 6.53. The first-order chi connectivity index (χ1) is 9.61. The summed E-state index contributed by atoms with van der Waals surface area (Å²) >= 11 is 0. The Hall–Kier alpha value is -1.47. The number of likely N-dealkylation sites (N-methyl/N-ethyl adjacent to an activating group) is 1. The number of benzene rings is 1. The normalized spacial score (nSPS) is 13.9. The Kier molecular flexibility index (Phi) is 5.47. The van der Waals surface area contributed by atoms with Gasteiger partial charge in [-0.25, -0.2) is 8.42 Å². The molecule has 21 heavy (non-hydrogen) atoms. The van der Waals surface area contributed by atoms with Gasteiger partial charge in [-0.2, -0.15) is 0 Å². The van der Waals surface area contributed by atoms with Gasteiger partial charge < -0.3 is 5.32 Å². The van der Waals surface area contributed by atoms with E-state index in [4.69, 9.17) is 0 Å². The zero-order valence-electron chi connectivity index (χ0n) is 12.8. The maximum absolute atomic E-state index is 12.0. The van der Waals surface area contributed by atoms with Gasteiger partial charge in [0.25, 0.3) is 5.69 Å². The first-order valence-electron chi connectivity index (χ1n) is 6.76. The van der Waals surface area contributed by atoms with Crippen LogP contribution in [-0.4, -0.2) is 36.9 Å². The molecule has 0 bridgehead atoms. The van der Waals surface area contributed by atoms with Crippen molar-refractivity contribution in [2.24, 2.45) is 0 Å². The van der Waals surface area contributed by atoms with Gasteiger partial charge in [0.2, 0.25) is 0 Å². The Morgan fingerprint density at radius 3 is 2.38 bits per heavy atom. The van der Waals surface area contributed by atoms with Crippen molar-refractivity contribution in [2.45, 2.75) is 38.0 Å². The SMILES string of the molecule is CCNC(Cc1ccccc1[N+](=O)[O-])C(C)(C)S(C)(=O)=O. The smallest absolute Gasteiger partial charge is 0.272 e. The van der Waals surface area contributed by atoms with Crippen molar-refractivity contribution >= 4 is 15.5 Å². The van der Waals surface area contributed by atoms with Crippen LogP contribution in [0.1, 0.15) is 26.3 Å². The molecule has 0 fully saturated rings. The van der Waals surface area contributed by atoms with Crippen LogP contribution in [0.4, 0.5) is 5.69 Å². The third-order valence-electron chi connectivity index (χ3n) is 3.86. The van der Waals surface area contributed by atoms with Crippen LogP contribution in [0.15, 0.2) is 24.3 Å². The van der Waals surface area contributed by atoms with Gasteiger partial charge >= 0.3 is 0 Å². The molecule has 1 aromatic rings. The largest absolute Gasteiger partial charge is 0.312 e. The highest BCUT2D eigenvalue weighted by Gasteiger charge is 2.39. The highest BCUT2D eigenvalue weighted by molar-refractivity contribution is 7.92. The Bertz CT molecular complexity index is 611. The molecule has 1 aromatic carbocycles. The third kappa shape index (κ3) is 4.01. The van der Waals surface area contributed by atoms with Gasteiger partial charge in [-0.05, 0) is 26.8 Å². The molecule has 0 saturated heterocycles. The average molecular weight is 314 g/mol. The molecule has 6 nitrogen and oxygen atoms in total. The summed E-state index contributed by atoms with van der Waals surface area (Å²) in [5.74, 6) is 0. The second-order valence-electron chi connectivity index (χ2n) is 5.58. The summed E-state index contributed by atoms with van der Waals surface area (Å²) in [6, 6.07) is 6.02. The Morgan fingerprint density at radius 2 is 1.90 bits per heavy atom. The lowest BCUT2D eigenvalue weighted by Crippen LogP contribution is -2.52. The fourth-order valence-electron chi connectivity index (χ4n) is 2.15. The van der Waals surface area contributed by atoms with Gasteiger partial charge in [0.05, 0.1) is 9.67 Å². The number of hydrogen-bond donors (Lipinski definition) is 1. The van der Waals surface area contributed by atoms with Crippen LogP contribution in [0.3, 0.4) is 0 Å². The summed E-state index contributed by atoms with van der Waals surface area (Å²) in [5.41, 5.74) is 0.551. The van der Waals surface area contributed by atoms with Gasteiger partial charge in [0.1, 0.15) is 0 Å². The molecule has 0 spiro atoms. The predicted molar refractivity (Wildman–Crippen MR) is 83.2 cm³/mol. The number of nitro benzene ring substituents is 1. The van der Waals surface area contributed by atoms with E-state index < -0.39 is 25.5 Å². The molecular formula is C14H22N2O4S. The molecule has 0 aromatic heterocycles. The minimum atomic E-state index is -3.31. The lowest BCUT2D eigenvalue weighted by Gasteiger charge is -2.33. The number of nitrogens with zero attached hydrogens (tertiary/aromatic N) is 1. The molecule has 0 saturated carbocycles. The van der Waals surface area contributed by atoms with E-state index in [1.807, 2.05) is 6.92 Å². The lowest BCUT2D eigenvalue weighted by atomic mass is 9.94. The van der Waals surface area contributed by atoms with Gasteiger partial charge in [-0.1, -0.05) is 25.1 Å². The molecule has 7 heteroatoms. The minimum absolute atomic E-state index is 0.0182. The van der Waals surface area contributed by atoms with Crippen LogP contribution in [0.2, 0.25) is 0 Å². The fourth-order valence-corrected chi connectivity index (χ4v) is 2.83. The molecule has 1 rings (SSSR count). The van der Waals surface area contributed by atoms with E-state index in [1.165, 1.54) is 12.3 Å². The number of para-hydroxylation sites is 1. The monoisotopic (exact) mass is 314 g/mol. The molecule has 0 amide bonds. The van der Waals surface area contributed by atoms with Crippen LogP contribution in [0, 0.1) is 10.1 Å². The summed E-state index contributed by atoms with van der Waals surface area (Å²) in [6.07, 6.45) is 1.47. The Labute approximate surface area is 125 Å². The maximum atomic E-state index is 12.0. The van der Waals surface area contributed by atoms with Gasteiger partial charge in [-0.15, -0.1) is 0 Å². The van der Waals surface area contributed by atoms with Crippen molar-refractivity contribution in [3.05, 3.63) is 39.9 Å². The molecule has 1 N–H and O–H groups in total. The topological polar surface area (TPSA) is 89.3 Å². The summed E-state index contributed by atoms with van der Waals surface area (Å²) < 4.78 is 23.0. The van der Waals surface area contributed by atoms with E-state index in [9.17, 15) is 18.5 Å². The minimum Gasteiger partial charge on any atom is -0.312 e. The van der Waals surface area contributed by atoms with Crippen molar-refractivity contribution in [3.8, 4) is 0 Å². The van der Waals surface area contributed by atoms with E-state index in [0.29, 0.717) is 12.1 Å². The van der Waals surface area contributed by atoms with Crippen LogP contribution in [-0.2, 0) is 16.3 Å². The molecule has 118 valence electrons. The van der Waals surface area contributed by atoms with Gasteiger partial charge in [0, 0.05) is 23.9 Å². The lowest BCUT2D eigenvalue weighted by molar-refractivity contribution is -0.385. The summed E-state index contributed by atoms with van der Waals surface area (Å²) in [7, 11) is -3.31. The van der Waals surface area contributed by atoms with Crippen molar-refractivity contribution in [2.75, 3.05) is 12.8 Å². The van der Waals surface area contributed by atoms with Crippen LogP contribution in [0.5, 0.6) is 0 Å². The fraction of sp³-hybridized carbons (Fsp3) is 0.571. The standard InChI is InChI=1S/C14H22N2O4S/c1-5-15-13(14(2,3)21(4,19)20)10-11-8-6-7-9-12(11)16(17)18/h6-9,13,15H,5,10H2,1-4H3. The highest BCUT2D eigenvalue weighted by atomic mass is 32.2. The van der Waals surface area contributed by atoms with Gasteiger partial charge in [-0.3, -0.25) is 10.1 Å². The summed E-state index contributed by atoms with van der Waals surface area (Å²) in [5, 5.41) is 14.2. The predicted octanol–water partition coefficient (Wildman–Crippen LogP) is 1.94. The summed E-state index contributed by atoms with van der Waals surface area (Å²) in [6.45, 7) is 5.75. The Balaban J connectivity index is 3.19. The third-order valence-corrected chi connectivity index (χ3v) is 6.05. The highest BCUT2D eigenvalue weighted by Crippen LogP contribution is 2.26. The molecule has 0 aliphatic rings. The second-order valence-corrected chi connectivity index (χ2v) is 8.17. The Morgan fingerprint density at radius 1 is 1.33 bits per heavy atom. The number of rotatable bonds is 7. The van der Waals surface area contributed by atoms with Crippen LogP contribution >= 0.6 is 0 Å². The zero-order valence-corrected chi connectivity index (χ0v) is 13.6. The molecule has 0 heterocycles. The number of nitro groups is 1. The van der Waals surface area contributed by atoms with Crippen molar-refractivity contribution in [1.29, 1.82) is 0 Å². The maximum Gasteiger partial charge on any atom is 0.272 e. The molecule has 1 atom stereocenters. The molecule has 0 aliphatic heterocycles. The zero-order chi connectivity index (χ0) is 16.3. The number of hydrogen-bond acceptors (Lipinski definition) is 5. The summed E-state index contributed by atoms with van der Waals surface area (Å²) in [4.78, 5) is 10.6. The average Bonchev–Trinajstić information content (AvgIpc) is 2.37. The van der Waals surface area contributed by atoms with E-state index in [-0.39, 0.29) is 12.1 Å². The van der Waals surface area contributed by atoms with Crippen molar-refractivity contribution < 1.29 is 13.3 Å². The molecule has 0 aliphatic carbocycles. The van der Waals surface area contributed by atoms with E-state index >= 15 is 0 Å². The van der Waals surface area contributed by atoms with Crippen molar-refractivity contribution in [1.82, 2.24) is 5.32 Å². The molecule has 1 unspecified atom stereocenters. The van der Waals surface area contributed by atoms with E-state index in [2.05, 4.69) is 5.32 Å². The molecular weight excluding hydrogens is 292 g/mol. The first-order valence-corrected chi connectivity index (χ1v) is 8.65. The number of sulfone groups is 1. The van der Waals surface area contributed by atoms with Crippen LogP contribution < -0.4 is 5.32 Å². The van der Waals surface area contributed by atoms with Crippen LogP contribution in [0.25, 0.3) is 0 Å². The van der Waals surface area contributed by atoms with Crippen molar-refractivity contribution in [3.63, 3.8) is 0 Å². The van der Waals surface area contributed by atoms with Gasteiger partial charge in [0.15, 0.2) is 9.84 Å². The number of nitrogens with one attached hydrogen (secondary N) is 1. The van der Waals surface area contributed by atoms with E-state index in [1.54, 1.807) is 32.0 Å².